The van der Waals surface area contributed by atoms with Crippen molar-refractivity contribution in [3.8, 4) is 17.1 Å². The highest BCUT2D eigenvalue weighted by Gasteiger charge is 2.64. The maximum atomic E-state index is 14.5. The summed E-state index contributed by atoms with van der Waals surface area (Å²) in [6.45, 7) is 12.9. The van der Waals surface area contributed by atoms with E-state index in [4.69, 9.17) is 14.2 Å². The molecule has 1 saturated heterocycles. The van der Waals surface area contributed by atoms with Crippen LogP contribution in [0.2, 0.25) is 0 Å². The maximum absolute atomic E-state index is 14.5. The van der Waals surface area contributed by atoms with Gasteiger partial charge < -0.3 is 19.1 Å². The number of hydrogen-bond acceptors (Lipinski definition) is 9. The molecule has 1 aromatic carbocycles. The van der Waals surface area contributed by atoms with Crippen molar-refractivity contribution in [3.63, 3.8) is 0 Å². The number of hydrogen-bond donors (Lipinski definition) is 1. The van der Waals surface area contributed by atoms with Crippen LogP contribution in [-0.4, -0.2) is 90.0 Å². The molecule has 11 nitrogen and oxygen atoms in total. The summed E-state index contributed by atoms with van der Waals surface area (Å²) in [5.74, 6) is -0.226. The van der Waals surface area contributed by atoms with E-state index in [-0.39, 0.29) is 56.9 Å². The minimum atomic E-state index is -4.44. The van der Waals surface area contributed by atoms with Gasteiger partial charge in [-0.25, -0.2) is 22.9 Å². The molecular weight excluding hydrogens is 687 g/mol. The normalized spacial score (nSPS) is 23.0. The number of sulfonamides is 1. The molecule has 2 aliphatic heterocycles. The number of benzene rings is 1. The molecule has 1 N–H and O–H groups in total. The van der Waals surface area contributed by atoms with Crippen LogP contribution < -0.4 is 9.46 Å². The van der Waals surface area contributed by atoms with Crippen LogP contribution in [0.5, 0.6) is 5.88 Å². The Labute approximate surface area is 298 Å². The van der Waals surface area contributed by atoms with Crippen molar-refractivity contribution in [2.24, 2.45) is 5.41 Å². The van der Waals surface area contributed by atoms with E-state index in [2.05, 4.69) is 21.3 Å². The van der Waals surface area contributed by atoms with Crippen LogP contribution in [0.3, 0.4) is 0 Å². The molecule has 2 bridgehead atoms. The molecule has 3 aliphatic rings. The summed E-state index contributed by atoms with van der Waals surface area (Å²) >= 11 is 0. The second kappa shape index (κ2) is 15.1. The smallest absolute Gasteiger partial charge is 0.410 e. The lowest BCUT2D eigenvalue weighted by Gasteiger charge is -2.43. The number of aryl methyl sites for hydroxylation is 2. The Balaban J connectivity index is 1.55. The minimum Gasteiger partial charge on any atom is -0.476 e. The monoisotopic (exact) mass is 735 g/mol. The topological polar surface area (TPSA) is 123 Å². The van der Waals surface area contributed by atoms with Gasteiger partial charge in [0, 0.05) is 43.2 Å². The van der Waals surface area contributed by atoms with Crippen molar-refractivity contribution < 1.29 is 40.6 Å². The number of amides is 1. The fourth-order valence-corrected chi connectivity index (χ4v) is 7.78. The van der Waals surface area contributed by atoms with Gasteiger partial charge in [-0.3, -0.25) is 4.90 Å². The van der Waals surface area contributed by atoms with E-state index in [9.17, 15) is 26.4 Å². The first kappa shape index (κ1) is 38.5. The number of allylic oxidation sites excluding steroid dienone is 2. The predicted molar refractivity (Wildman–Crippen MR) is 187 cm³/mol. The molecule has 1 saturated carbocycles. The molecule has 1 aromatic heterocycles. The quantitative estimate of drug-likeness (QED) is 0.296. The van der Waals surface area contributed by atoms with Crippen molar-refractivity contribution in [1.82, 2.24) is 19.8 Å². The minimum absolute atomic E-state index is 0.0135. The van der Waals surface area contributed by atoms with Gasteiger partial charge in [0.1, 0.15) is 18.9 Å². The largest absolute Gasteiger partial charge is 0.476 e. The van der Waals surface area contributed by atoms with Crippen LogP contribution in [0, 0.1) is 19.3 Å². The summed E-state index contributed by atoms with van der Waals surface area (Å²) in [5, 5.41) is 0. The fraction of sp³-hybridized carbons (Fsp3) is 0.583. The molecule has 280 valence electrons. The average molecular weight is 736 g/mol. The van der Waals surface area contributed by atoms with E-state index >= 15 is 0 Å². The standard InChI is InChI=1S/C36H48F3N5O6S/c1-7-8-9-13-30-49-23-44(26-14-18-43(19-15-26)33(45)50-34(4,5)6)27(21-35(16-17-35)36(37,38)39)22-48-29-20-28(31-24(2)11-10-12-25(31)3)40-32(41-29)42-51(30,46)47/h7-12,20,26-27,30H,1,13-19,21-23H2,2-6H3,(H,40,41,42)/b9-8-/t27-,30?/m1/s1. The Bertz CT molecular complexity index is 1700. The highest BCUT2D eigenvalue weighted by molar-refractivity contribution is 7.93. The van der Waals surface area contributed by atoms with Crippen molar-refractivity contribution in [3.05, 3.63) is 60.2 Å². The molecule has 1 aliphatic carbocycles. The lowest BCUT2D eigenvalue weighted by molar-refractivity contribution is -0.196. The van der Waals surface area contributed by atoms with Crippen LogP contribution in [0.25, 0.3) is 11.3 Å². The van der Waals surface area contributed by atoms with Gasteiger partial charge in [0.25, 0.3) is 10.0 Å². The number of carbonyl (C=O) groups excluding carboxylic acids is 1. The van der Waals surface area contributed by atoms with Crippen LogP contribution in [0.15, 0.2) is 49.1 Å². The number of alkyl halides is 3. The average Bonchev–Trinajstić information content (AvgIpc) is 3.82. The summed E-state index contributed by atoms with van der Waals surface area (Å²) in [4.78, 5) is 25.1. The molecule has 1 unspecified atom stereocenters. The summed E-state index contributed by atoms with van der Waals surface area (Å²) in [5.41, 5.74) is -1.12. The van der Waals surface area contributed by atoms with Gasteiger partial charge in [0.15, 0.2) is 5.44 Å². The zero-order chi connectivity index (χ0) is 37.2. The van der Waals surface area contributed by atoms with Gasteiger partial charge >= 0.3 is 12.3 Å². The number of ether oxygens (including phenoxy) is 3. The van der Waals surface area contributed by atoms with Crippen LogP contribution >= 0.6 is 0 Å². The fourth-order valence-electron chi connectivity index (χ4n) is 6.70. The van der Waals surface area contributed by atoms with E-state index in [0.29, 0.717) is 31.6 Å². The first-order chi connectivity index (χ1) is 23.9. The molecule has 2 aromatic rings. The third kappa shape index (κ3) is 9.41. The zero-order valence-electron chi connectivity index (χ0n) is 29.8. The summed E-state index contributed by atoms with van der Waals surface area (Å²) < 4.78 is 91.7. The maximum Gasteiger partial charge on any atom is 0.410 e. The SMILES string of the molecule is C=C/C=C\CC1OCN(C2CCN(C(=O)OC(C)(C)C)CC2)[C@H](CC2(C(F)(F)F)CC2)COc2cc(-c3c(C)cccc3C)nc(n2)NS1(=O)=O. The number of anilines is 1. The molecule has 15 heteroatoms. The second-order valence-corrected chi connectivity index (χ2v) is 16.4. The third-order valence-corrected chi connectivity index (χ3v) is 11.1. The summed E-state index contributed by atoms with van der Waals surface area (Å²) in [7, 11) is -4.32. The van der Waals surface area contributed by atoms with Crippen LogP contribution in [0.4, 0.5) is 23.9 Å². The van der Waals surface area contributed by atoms with Gasteiger partial charge in [-0.1, -0.05) is 43.0 Å². The Kier molecular flexibility index (Phi) is 11.4. The third-order valence-electron chi connectivity index (χ3n) is 9.59. The number of nitrogens with zero attached hydrogens (tertiary/aromatic N) is 4. The van der Waals surface area contributed by atoms with Crippen molar-refractivity contribution in [1.29, 1.82) is 0 Å². The van der Waals surface area contributed by atoms with E-state index in [0.717, 1.165) is 16.7 Å². The molecular formula is C36H48F3N5O6S. The number of carbonyl (C=O) groups is 1. The van der Waals surface area contributed by atoms with E-state index in [1.54, 1.807) is 48.8 Å². The molecule has 0 spiro atoms. The van der Waals surface area contributed by atoms with Gasteiger partial charge in [-0.05, 0) is 77.8 Å². The highest BCUT2D eigenvalue weighted by atomic mass is 32.2. The highest BCUT2D eigenvalue weighted by Crippen LogP contribution is 2.61. The number of likely N-dealkylation sites (tertiary alicyclic amines) is 1. The number of fused-ring (bicyclic) bond motifs is 2. The number of aromatic nitrogens is 2. The van der Waals surface area contributed by atoms with Crippen molar-refractivity contribution >= 4 is 22.1 Å². The molecule has 1 amide bonds. The lowest BCUT2D eigenvalue weighted by Crippen LogP contribution is -2.54. The van der Waals surface area contributed by atoms with Gasteiger partial charge in [-0.2, -0.15) is 18.2 Å². The summed E-state index contributed by atoms with van der Waals surface area (Å²) in [6, 6.07) is 6.09. The number of nitrogens with one attached hydrogen (secondary N) is 1. The number of halogens is 3. The molecule has 2 atom stereocenters. The summed E-state index contributed by atoms with van der Waals surface area (Å²) in [6.07, 6.45) is 0.197. The van der Waals surface area contributed by atoms with Crippen molar-refractivity contribution in [2.75, 3.05) is 31.1 Å². The first-order valence-corrected chi connectivity index (χ1v) is 18.8. The van der Waals surface area contributed by atoms with Gasteiger partial charge in [0.05, 0.1) is 11.1 Å². The van der Waals surface area contributed by atoms with Crippen LogP contribution in [0.1, 0.15) is 70.4 Å². The Hall–Kier alpha value is -3.69. The molecule has 51 heavy (non-hydrogen) atoms. The zero-order valence-corrected chi connectivity index (χ0v) is 30.6. The second-order valence-electron chi connectivity index (χ2n) is 14.6. The van der Waals surface area contributed by atoms with E-state index in [1.807, 2.05) is 32.0 Å². The molecule has 5 rings (SSSR count). The number of piperidine rings is 1. The lowest BCUT2D eigenvalue weighted by atomic mass is 9.93. The molecule has 3 heterocycles. The Morgan fingerprint density at radius 3 is 2.39 bits per heavy atom. The number of rotatable bonds is 7. The van der Waals surface area contributed by atoms with Crippen LogP contribution in [-0.2, 0) is 19.5 Å². The van der Waals surface area contributed by atoms with Gasteiger partial charge in [0.2, 0.25) is 11.8 Å². The van der Waals surface area contributed by atoms with E-state index in [1.165, 1.54) is 6.08 Å². The molecule has 2 fully saturated rings. The Morgan fingerprint density at radius 1 is 1.14 bits per heavy atom. The van der Waals surface area contributed by atoms with Crippen molar-refractivity contribution in [2.45, 2.75) is 102 Å². The van der Waals surface area contributed by atoms with E-state index < -0.39 is 44.8 Å². The Morgan fingerprint density at radius 2 is 1.80 bits per heavy atom. The first-order valence-electron chi connectivity index (χ1n) is 17.2. The molecule has 0 radical (unpaired) electrons. The van der Waals surface area contributed by atoms with Gasteiger partial charge in [-0.15, -0.1) is 0 Å². The predicted octanol–water partition coefficient (Wildman–Crippen LogP) is 7.13.